The van der Waals surface area contributed by atoms with Crippen LogP contribution in [0.3, 0.4) is 0 Å². The van der Waals surface area contributed by atoms with E-state index < -0.39 is 0 Å². The van der Waals surface area contributed by atoms with Crippen molar-refractivity contribution in [3.8, 4) is 0 Å². The highest BCUT2D eigenvalue weighted by Gasteiger charge is 2.11. The number of benzene rings is 1. The summed E-state index contributed by atoms with van der Waals surface area (Å²) in [6.07, 6.45) is 2.57. The molecule has 0 aliphatic carbocycles. The summed E-state index contributed by atoms with van der Waals surface area (Å²) in [4.78, 5) is 2.59. The largest absolute Gasteiger partial charge is 0.313 e. The molecular weight excluding hydrogens is 244 g/mol. The van der Waals surface area contributed by atoms with Crippen molar-refractivity contribution >= 4 is 0 Å². The predicted molar refractivity (Wildman–Crippen MR) is 88.8 cm³/mol. The number of rotatable bonds is 10. The maximum Gasteiger partial charge on any atom is 0.0236 e. The average Bonchev–Trinajstić information content (AvgIpc) is 2.50. The molecule has 20 heavy (non-hydrogen) atoms. The molecule has 1 rings (SSSR count). The Morgan fingerprint density at radius 3 is 2.20 bits per heavy atom. The van der Waals surface area contributed by atoms with Gasteiger partial charge in [0, 0.05) is 19.6 Å². The van der Waals surface area contributed by atoms with Crippen LogP contribution in [0.15, 0.2) is 24.3 Å². The van der Waals surface area contributed by atoms with Gasteiger partial charge in [-0.05, 0) is 30.1 Å². The molecule has 0 saturated heterocycles. The summed E-state index contributed by atoms with van der Waals surface area (Å²) in [5.41, 5.74) is 2.92. The fourth-order valence-corrected chi connectivity index (χ4v) is 2.60. The average molecular weight is 276 g/mol. The second-order valence-electron chi connectivity index (χ2n) is 5.56. The molecule has 1 aromatic rings. The van der Waals surface area contributed by atoms with Crippen LogP contribution in [-0.4, -0.2) is 24.5 Å². The molecule has 0 saturated carbocycles. The van der Waals surface area contributed by atoms with Gasteiger partial charge in [-0.2, -0.15) is 0 Å². The summed E-state index contributed by atoms with van der Waals surface area (Å²) < 4.78 is 0. The molecule has 0 spiro atoms. The molecule has 2 heteroatoms. The van der Waals surface area contributed by atoms with Gasteiger partial charge >= 0.3 is 0 Å². The Kier molecular flexibility index (Phi) is 8.56. The van der Waals surface area contributed by atoms with Gasteiger partial charge in [0.1, 0.15) is 0 Å². The quantitative estimate of drug-likeness (QED) is 0.693. The Morgan fingerprint density at radius 2 is 1.65 bits per heavy atom. The van der Waals surface area contributed by atoms with Crippen molar-refractivity contribution in [1.82, 2.24) is 10.2 Å². The smallest absolute Gasteiger partial charge is 0.0236 e. The lowest BCUT2D eigenvalue weighted by Crippen LogP contribution is -2.29. The van der Waals surface area contributed by atoms with E-state index in [1.807, 2.05) is 0 Å². The maximum atomic E-state index is 3.44. The molecule has 0 aliphatic heterocycles. The van der Waals surface area contributed by atoms with Crippen LogP contribution in [0.2, 0.25) is 0 Å². The second-order valence-corrected chi connectivity index (χ2v) is 5.56. The van der Waals surface area contributed by atoms with Gasteiger partial charge in [0.15, 0.2) is 0 Å². The third-order valence-corrected chi connectivity index (χ3v) is 4.20. The van der Waals surface area contributed by atoms with Crippen LogP contribution >= 0.6 is 0 Å². The molecule has 0 heterocycles. The molecule has 0 radical (unpaired) electrons. The lowest BCUT2D eigenvalue weighted by molar-refractivity contribution is 0.225. The summed E-state index contributed by atoms with van der Waals surface area (Å²) in [6.45, 7) is 14.5. The summed E-state index contributed by atoms with van der Waals surface area (Å²) in [7, 11) is 0. The summed E-state index contributed by atoms with van der Waals surface area (Å²) in [5.74, 6) is 0.830. The molecule has 0 aliphatic rings. The third-order valence-electron chi connectivity index (χ3n) is 4.20. The molecular formula is C18H32N2. The lowest BCUT2D eigenvalue weighted by Gasteiger charge is -2.26. The van der Waals surface area contributed by atoms with Crippen LogP contribution in [0, 0.1) is 5.92 Å². The monoisotopic (exact) mass is 276 g/mol. The highest BCUT2D eigenvalue weighted by Crippen LogP contribution is 2.15. The Balaban J connectivity index is 2.68. The SMILES string of the molecule is CCNCc1ccccc1CN(CC)CC(CC)CC. The Bertz CT molecular complexity index is 358. The standard InChI is InChI=1S/C18H32N2/c1-5-16(6-2)14-20(8-4)15-18-12-10-9-11-17(18)13-19-7-3/h9-12,16,19H,5-8,13-15H2,1-4H3. The van der Waals surface area contributed by atoms with Crippen molar-refractivity contribution in [3.05, 3.63) is 35.4 Å². The molecule has 0 atom stereocenters. The molecule has 1 N–H and O–H groups in total. The molecule has 1 aromatic carbocycles. The van der Waals surface area contributed by atoms with E-state index in [0.717, 1.165) is 32.1 Å². The van der Waals surface area contributed by atoms with Gasteiger partial charge in [0.2, 0.25) is 0 Å². The van der Waals surface area contributed by atoms with E-state index in [0.29, 0.717) is 0 Å². The van der Waals surface area contributed by atoms with Crippen molar-refractivity contribution in [2.75, 3.05) is 19.6 Å². The van der Waals surface area contributed by atoms with Gasteiger partial charge in [-0.3, -0.25) is 4.90 Å². The highest BCUT2D eigenvalue weighted by atomic mass is 15.1. The number of hydrogen-bond acceptors (Lipinski definition) is 2. The molecule has 0 unspecified atom stereocenters. The third kappa shape index (κ3) is 5.64. The van der Waals surface area contributed by atoms with Gasteiger partial charge in [-0.1, -0.05) is 64.8 Å². The first kappa shape index (κ1) is 17.2. The maximum absolute atomic E-state index is 3.44. The summed E-state index contributed by atoms with van der Waals surface area (Å²) in [6, 6.07) is 8.84. The van der Waals surface area contributed by atoms with E-state index in [1.54, 1.807) is 0 Å². The van der Waals surface area contributed by atoms with Gasteiger partial charge in [-0.15, -0.1) is 0 Å². The van der Waals surface area contributed by atoms with Crippen LogP contribution in [0.5, 0.6) is 0 Å². The van der Waals surface area contributed by atoms with Crippen molar-refractivity contribution in [2.24, 2.45) is 5.92 Å². The van der Waals surface area contributed by atoms with E-state index in [2.05, 4.69) is 62.2 Å². The molecule has 0 aromatic heterocycles. The minimum absolute atomic E-state index is 0.830. The topological polar surface area (TPSA) is 15.3 Å². The molecule has 2 nitrogen and oxygen atoms in total. The second kappa shape index (κ2) is 9.95. The normalized spacial score (nSPS) is 11.5. The zero-order valence-corrected chi connectivity index (χ0v) is 13.8. The first-order chi connectivity index (χ1) is 9.74. The Morgan fingerprint density at radius 1 is 1.00 bits per heavy atom. The van der Waals surface area contributed by atoms with Gasteiger partial charge in [0.25, 0.3) is 0 Å². The van der Waals surface area contributed by atoms with Crippen molar-refractivity contribution in [3.63, 3.8) is 0 Å². The number of hydrogen-bond donors (Lipinski definition) is 1. The Hall–Kier alpha value is -0.860. The van der Waals surface area contributed by atoms with E-state index in [-0.39, 0.29) is 0 Å². The minimum Gasteiger partial charge on any atom is -0.313 e. The highest BCUT2D eigenvalue weighted by molar-refractivity contribution is 5.27. The van der Waals surface area contributed by atoms with Crippen molar-refractivity contribution in [2.45, 2.75) is 53.6 Å². The summed E-state index contributed by atoms with van der Waals surface area (Å²) in [5, 5.41) is 3.44. The van der Waals surface area contributed by atoms with E-state index >= 15 is 0 Å². The Labute approximate surface area is 125 Å². The van der Waals surface area contributed by atoms with Crippen LogP contribution in [0.25, 0.3) is 0 Å². The van der Waals surface area contributed by atoms with Crippen LogP contribution < -0.4 is 5.32 Å². The number of nitrogens with one attached hydrogen (secondary N) is 1. The van der Waals surface area contributed by atoms with E-state index in [1.165, 1.54) is 30.5 Å². The van der Waals surface area contributed by atoms with Crippen LogP contribution in [-0.2, 0) is 13.1 Å². The van der Waals surface area contributed by atoms with E-state index in [4.69, 9.17) is 0 Å². The van der Waals surface area contributed by atoms with Crippen molar-refractivity contribution in [1.29, 1.82) is 0 Å². The fourth-order valence-electron chi connectivity index (χ4n) is 2.60. The first-order valence-corrected chi connectivity index (χ1v) is 8.24. The van der Waals surface area contributed by atoms with Gasteiger partial charge in [0.05, 0.1) is 0 Å². The molecule has 0 fully saturated rings. The van der Waals surface area contributed by atoms with Gasteiger partial charge < -0.3 is 5.32 Å². The summed E-state index contributed by atoms with van der Waals surface area (Å²) >= 11 is 0. The molecule has 0 amide bonds. The lowest BCUT2D eigenvalue weighted by atomic mass is 10.0. The zero-order valence-electron chi connectivity index (χ0n) is 13.8. The van der Waals surface area contributed by atoms with E-state index in [9.17, 15) is 0 Å². The number of nitrogens with zero attached hydrogens (tertiary/aromatic N) is 1. The van der Waals surface area contributed by atoms with Gasteiger partial charge in [-0.25, -0.2) is 0 Å². The van der Waals surface area contributed by atoms with Crippen LogP contribution in [0.4, 0.5) is 0 Å². The first-order valence-electron chi connectivity index (χ1n) is 8.24. The zero-order chi connectivity index (χ0) is 14.8. The predicted octanol–water partition coefficient (Wildman–Crippen LogP) is 4.05. The van der Waals surface area contributed by atoms with Crippen molar-refractivity contribution < 1.29 is 0 Å². The molecule has 0 bridgehead atoms. The fraction of sp³-hybridized carbons (Fsp3) is 0.667. The molecule has 114 valence electrons. The van der Waals surface area contributed by atoms with Crippen LogP contribution in [0.1, 0.15) is 51.7 Å². The minimum atomic E-state index is 0.830.